The van der Waals surface area contributed by atoms with Gasteiger partial charge in [0.2, 0.25) is 0 Å². The Bertz CT molecular complexity index is 821. The molecule has 1 heterocycles. The number of methoxy groups -OCH3 is 1. The quantitative estimate of drug-likeness (QED) is 0.610. The number of hydrogen-bond acceptors (Lipinski definition) is 4. The van der Waals surface area contributed by atoms with E-state index in [0.717, 1.165) is 10.9 Å². The Kier molecular flexibility index (Phi) is 7.10. The van der Waals surface area contributed by atoms with E-state index >= 15 is 0 Å². The molecule has 1 aromatic carbocycles. The number of aryl methyl sites for hydroxylation is 1. The van der Waals surface area contributed by atoms with Crippen LogP contribution in [-0.4, -0.2) is 30.1 Å². The maximum absolute atomic E-state index is 12.4. The van der Waals surface area contributed by atoms with Gasteiger partial charge in [0.05, 0.1) is 18.2 Å². The molecule has 9 heteroatoms. The first kappa shape index (κ1) is 20.3. The Balaban J connectivity index is 2.10. The van der Waals surface area contributed by atoms with Crippen LogP contribution in [-0.2, 0) is 7.05 Å². The van der Waals surface area contributed by atoms with Crippen LogP contribution in [0.25, 0.3) is 0 Å². The number of hydrogen-bond donors (Lipinski definition) is 2. The van der Waals surface area contributed by atoms with Crippen LogP contribution in [0.2, 0.25) is 0 Å². The van der Waals surface area contributed by atoms with Gasteiger partial charge in [-0.15, -0.1) is 0 Å². The molecule has 26 heavy (non-hydrogen) atoms. The van der Waals surface area contributed by atoms with Crippen LogP contribution in [0.5, 0.6) is 11.5 Å². The monoisotopic (exact) mass is 487 g/mol. The lowest BCUT2D eigenvalue weighted by Gasteiger charge is -2.14. The fraction of sp³-hybridized carbons (Fsp3) is 0.294. The van der Waals surface area contributed by atoms with Crippen molar-refractivity contribution in [1.82, 2.24) is 15.4 Å². The fourth-order valence-electron chi connectivity index (χ4n) is 2.19. The summed E-state index contributed by atoms with van der Waals surface area (Å²) in [6, 6.07) is 4.81. The van der Waals surface area contributed by atoms with Gasteiger partial charge >= 0.3 is 0 Å². The lowest BCUT2D eigenvalue weighted by Crippen LogP contribution is -2.42. The van der Waals surface area contributed by atoms with Gasteiger partial charge in [0.15, 0.2) is 11.5 Å². The van der Waals surface area contributed by atoms with Crippen molar-refractivity contribution in [1.29, 1.82) is 0 Å². The van der Waals surface area contributed by atoms with Gasteiger partial charge in [0.1, 0.15) is 5.69 Å². The molecule has 2 N–H and O–H groups in total. The predicted molar refractivity (Wildman–Crippen MR) is 105 cm³/mol. The number of ether oxygens (including phenoxy) is 2. The normalized spacial score (nSPS) is 10.3. The molecule has 0 aliphatic heterocycles. The number of amides is 2. The van der Waals surface area contributed by atoms with Crippen molar-refractivity contribution in [3.63, 3.8) is 0 Å². The Morgan fingerprint density at radius 2 is 1.85 bits per heavy atom. The van der Waals surface area contributed by atoms with E-state index in [2.05, 4.69) is 42.7 Å². The highest BCUT2D eigenvalue weighted by molar-refractivity contribution is 9.10. The third-order valence-electron chi connectivity index (χ3n) is 3.44. The Morgan fingerprint density at radius 3 is 2.42 bits per heavy atom. The van der Waals surface area contributed by atoms with E-state index in [-0.39, 0.29) is 0 Å². The van der Waals surface area contributed by atoms with Crippen LogP contribution in [0.15, 0.2) is 33.3 Å². The minimum atomic E-state index is -0.479. The van der Waals surface area contributed by atoms with Crippen LogP contribution in [0.3, 0.4) is 0 Å². The van der Waals surface area contributed by atoms with Crippen molar-refractivity contribution >= 4 is 43.7 Å². The third kappa shape index (κ3) is 4.79. The summed E-state index contributed by atoms with van der Waals surface area (Å²) in [5.41, 5.74) is 5.49. The molecule has 2 rings (SSSR count). The molecule has 0 saturated heterocycles. The summed E-state index contributed by atoms with van der Waals surface area (Å²) in [6.45, 7) is 2.53. The van der Waals surface area contributed by atoms with E-state index in [0.29, 0.717) is 33.8 Å². The van der Waals surface area contributed by atoms with Crippen molar-refractivity contribution in [2.24, 2.45) is 7.05 Å². The second-order valence-electron chi connectivity index (χ2n) is 5.40. The smallest absolute Gasteiger partial charge is 0.286 e. The zero-order valence-corrected chi connectivity index (χ0v) is 17.7. The highest BCUT2D eigenvalue weighted by atomic mass is 79.9. The van der Waals surface area contributed by atoms with Crippen LogP contribution in [0, 0.1) is 0 Å². The van der Waals surface area contributed by atoms with Crippen LogP contribution >= 0.6 is 31.9 Å². The molecule has 0 spiro atoms. The van der Waals surface area contributed by atoms with Crippen molar-refractivity contribution in [3.05, 3.63) is 44.6 Å². The molecule has 140 valence electrons. The third-order valence-corrected chi connectivity index (χ3v) is 4.46. The summed E-state index contributed by atoms with van der Waals surface area (Å²) < 4.78 is 13.9. The highest BCUT2D eigenvalue weighted by Crippen LogP contribution is 2.36. The molecule has 1 aromatic heterocycles. The number of nitrogens with zero attached hydrogens (tertiary/aromatic N) is 1. The maximum atomic E-state index is 12.4. The number of halogens is 2. The molecule has 0 unspecified atom stereocenters. The Morgan fingerprint density at radius 1 is 1.15 bits per heavy atom. The molecule has 7 nitrogen and oxygen atoms in total. The molecule has 0 fully saturated rings. The molecular weight excluding hydrogens is 470 g/mol. The van der Waals surface area contributed by atoms with Crippen molar-refractivity contribution in [3.8, 4) is 11.5 Å². The van der Waals surface area contributed by atoms with Gasteiger partial charge in [-0.25, -0.2) is 0 Å². The van der Waals surface area contributed by atoms with Crippen molar-refractivity contribution in [2.75, 3.05) is 13.7 Å². The van der Waals surface area contributed by atoms with E-state index in [4.69, 9.17) is 9.47 Å². The fourth-order valence-corrected chi connectivity index (χ4v) is 3.28. The summed E-state index contributed by atoms with van der Waals surface area (Å²) in [7, 11) is 3.23. The molecular formula is C17H19Br2N3O4. The second-order valence-corrected chi connectivity index (χ2v) is 7.17. The van der Waals surface area contributed by atoms with Gasteiger partial charge in [-0.1, -0.05) is 6.92 Å². The molecule has 0 aliphatic rings. The number of hydrazine groups is 1. The number of benzene rings is 1. The number of rotatable bonds is 6. The minimum Gasteiger partial charge on any atom is -0.493 e. The lowest BCUT2D eigenvalue weighted by atomic mass is 10.2. The van der Waals surface area contributed by atoms with Crippen molar-refractivity contribution < 1.29 is 19.1 Å². The standard InChI is InChI=1S/C17H19Br2N3O4/c1-4-5-26-15-12(19)6-10(7-14(15)25-3)16(23)20-21-17(24)13-8-11(18)9-22(13)2/h6-9H,4-5H2,1-3H3,(H,20,23)(H,21,24). The van der Waals surface area contributed by atoms with Gasteiger partial charge in [0, 0.05) is 23.3 Å². The first-order valence-electron chi connectivity index (χ1n) is 7.80. The van der Waals surface area contributed by atoms with Crippen LogP contribution in [0.4, 0.5) is 0 Å². The van der Waals surface area contributed by atoms with Gasteiger partial charge in [0.25, 0.3) is 11.8 Å². The van der Waals surface area contributed by atoms with Crippen molar-refractivity contribution in [2.45, 2.75) is 13.3 Å². The number of carbonyl (C=O) groups is 2. The molecule has 0 bridgehead atoms. The summed E-state index contributed by atoms with van der Waals surface area (Å²) in [4.78, 5) is 24.5. The zero-order chi connectivity index (χ0) is 19.3. The van der Waals surface area contributed by atoms with Gasteiger partial charge < -0.3 is 14.0 Å². The Hall–Kier alpha value is -2.00. The van der Waals surface area contributed by atoms with E-state index in [9.17, 15) is 9.59 Å². The Labute approximate surface area is 168 Å². The number of aromatic nitrogens is 1. The van der Waals surface area contributed by atoms with E-state index in [1.165, 1.54) is 7.11 Å². The summed E-state index contributed by atoms with van der Waals surface area (Å²) in [5.74, 6) is 0.0485. The average molecular weight is 489 g/mol. The molecule has 0 aliphatic carbocycles. The maximum Gasteiger partial charge on any atom is 0.286 e. The minimum absolute atomic E-state index is 0.311. The van der Waals surface area contributed by atoms with Crippen LogP contribution in [0.1, 0.15) is 34.2 Å². The zero-order valence-electron chi connectivity index (χ0n) is 14.6. The summed E-state index contributed by atoms with van der Waals surface area (Å²) >= 11 is 6.68. The molecule has 2 amide bonds. The topological polar surface area (TPSA) is 81.6 Å². The molecule has 0 atom stereocenters. The van der Waals surface area contributed by atoms with E-state index < -0.39 is 11.8 Å². The average Bonchev–Trinajstić information content (AvgIpc) is 2.95. The van der Waals surface area contributed by atoms with Crippen LogP contribution < -0.4 is 20.3 Å². The lowest BCUT2D eigenvalue weighted by molar-refractivity contribution is 0.0842. The van der Waals surface area contributed by atoms with Gasteiger partial charge in [-0.2, -0.15) is 0 Å². The summed E-state index contributed by atoms with van der Waals surface area (Å²) in [5, 5.41) is 0. The second kappa shape index (κ2) is 9.09. The van der Waals surface area contributed by atoms with E-state index in [1.807, 2.05) is 6.92 Å². The molecule has 0 saturated carbocycles. The molecule has 2 aromatic rings. The van der Waals surface area contributed by atoms with Gasteiger partial charge in [-0.3, -0.25) is 20.4 Å². The number of carbonyl (C=O) groups excluding carboxylic acids is 2. The largest absolute Gasteiger partial charge is 0.493 e. The highest BCUT2D eigenvalue weighted by Gasteiger charge is 2.17. The van der Waals surface area contributed by atoms with Gasteiger partial charge in [-0.05, 0) is 56.5 Å². The molecule has 0 radical (unpaired) electrons. The first-order chi connectivity index (χ1) is 12.4. The summed E-state index contributed by atoms with van der Waals surface area (Å²) in [6.07, 6.45) is 2.59. The first-order valence-corrected chi connectivity index (χ1v) is 9.38. The number of nitrogens with one attached hydrogen (secondary N) is 2. The SMILES string of the molecule is CCCOc1c(Br)cc(C(=O)NNC(=O)c2cc(Br)cn2C)cc1OC. The predicted octanol–water partition coefficient (Wildman–Crippen LogP) is 3.42. The van der Waals surface area contributed by atoms with E-state index in [1.54, 1.807) is 36.0 Å².